The van der Waals surface area contributed by atoms with Crippen molar-refractivity contribution < 1.29 is 37.4 Å². The van der Waals surface area contributed by atoms with Gasteiger partial charge in [0.1, 0.15) is 5.69 Å². The molecule has 4 N–H and O–H groups in total. The normalized spacial score (nSPS) is 12.1. The Hall–Kier alpha value is -4.04. The summed E-state index contributed by atoms with van der Waals surface area (Å²) in [5.41, 5.74) is 1.30. The maximum absolute atomic E-state index is 14.3. The van der Waals surface area contributed by atoms with Crippen LogP contribution in [0.1, 0.15) is 22.2 Å². The van der Waals surface area contributed by atoms with Gasteiger partial charge in [0.05, 0.1) is 24.0 Å². The quantitative estimate of drug-likeness (QED) is 0.299. The van der Waals surface area contributed by atoms with Crippen LogP contribution in [0.2, 0.25) is 5.02 Å². The minimum absolute atomic E-state index is 0.00463. The highest BCUT2D eigenvalue weighted by Crippen LogP contribution is 2.20. The number of aliphatic hydroxyl groups is 1. The van der Waals surface area contributed by atoms with Crippen LogP contribution in [0.25, 0.3) is 16.6 Å². The van der Waals surface area contributed by atoms with Crippen molar-refractivity contribution in [1.29, 1.82) is 0 Å². The van der Waals surface area contributed by atoms with Crippen LogP contribution in [-0.4, -0.2) is 60.0 Å². The van der Waals surface area contributed by atoms with Crippen LogP contribution in [0.15, 0.2) is 48.8 Å². The third-order valence-corrected chi connectivity index (χ3v) is 4.69. The summed E-state index contributed by atoms with van der Waals surface area (Å²) < 4.78 is 47.2. The van der Waals surface area contributed by atoms with E-state index in [9.17, 15) is 27.5 Å². The van der Waals surface area contributed by atoms with Gasteiger partial charge in [-0.2, -0.15) is 18.3 Å². The van der Waals surface area contributed by atoms with Gasteiger partial charge in [0, 0.05) is 23.0 Å². The van der Waals surface area contributed by atoms with Crippen LogP contribution in [0, 0.1) is 5.82 Å². The van der Waals surface area contributed by atoms with Crippen molar-refractivity contribution in [2.75, 3.05) is 6.54 Å². The second-order valence-electron chi connectivity index (χ2n) is 6.89. The van der Waals surface area contributed by atoms with E-state index in [-0.39, 0.29) is 17.9 Å². The summed E-state index contributed by atoms with van der Waals surface area (Å²) in [6.07, 6.45) is -3.12. The van der Waals surface area contributed by atoms with E-state index in [1.165, 1.54) is 16.9 Å². The number of aliphatic carboxylic acids is 1. The molecular weight excluding hydrogens is 500 g/mol. The van der Waals surface area contributed by atoms with E-state index in [1.807, 2.05) is 0 Å². The number of carboxylic acids is 1. The van der Waals surface area contributed by atoms with Crippen LogP contribution in [-0.2, 0) is 4.79 Å². The van der Waals surface area contributed by atoms with Crippen LogP contribution in [0.4, 0.5) is 17.6 Å². The minimum Gasteiger partial charge on any atom is -0.475 e. The molecule has 1 amide bonds. The largest absolute Gasteiger partial charge is 0.490 e. The second-order valence-corrected chi connectivity index (χ2v) is 7.33. The molecule has 0 aliphatic carbocycles. The number of aromatic amines is 1. The third-order valence-electron chi connectivity index (χ3n) is 4.43. The third kappa shape index (κ3) is 6.51. The van der Waals surface area contributed by atoms with E-state index < -0.39 is 30.0 Å². The molecule has 35 heavy (non-hydrogen) atoms. The fourth-order valence-corrected chi connectivity index (χ4v) is 2.82. The zero-order chi connectivity index (χ0) is 25.8. The first-order chi connectivity index (χ1) is 16.5. The highest BCUT2D eigenvalue weighted by molar-refractivity contribution is 6.30. The predicted octanol–water partition coefficient (Wildman–Crippen LogP) is 3.03. The summed E-state index contributed by atoms with van der Waals surface area (Å²) >= 11 is 5.81. The highest BCUT2D eigenvalue weighted by Gasteiger charge is 2.38. The summed E-state index contributed by atoms with van der Waals surface area (Å²) in [6, 6.07) is 9.49. The molecule has 0 aliphatic rings. The molecule has 4 rings (SSSR count). The van der Waals surface area contributed by atoms with Gasteiger partial charge >= 0.3 is 12.1 Å². The molecule has 0 bridgehead atoms. The lowest BCUT2D eigenvalue weighted by molar-refractivity contribution is -0.192. The lowest BCUT2D eigenvalue weighted by Crippen LogP contribution is -2.28. The van der Waals surface area contributed by atoms with E-state index in [0.29, 0.717) is 21.5 Å². The number of hydrogen-bond donors (Lipinski definition) is 4. The number of carbonyl (C=O) groups excluding carboxylic acids is 1. The number of nitrogens with zero attached hydrogens (tertiary/aromatic N) is 4. The molecule has 0 saturated carbocycles. The van der Waals surface area contributed by atoms with Crippen molar-refractivity contribution >= 4 is 34.4 Å². The number of halogens is 5. The van der Waals surface area contributed by atoms with E-state index in [0.717, 1.165) is 0 Å². The summed E-state index contributed by atoms with van der Waals surface area (Å²) in [5.74, 6) is -3.83. The van der Waals surface area contributed by atoms with Gasteiger partial charge in [0.2, 0.25) is 0 Å². The Kier molecular flexibility index (Phi) is 7.66. The molecule has 1 atom stereocenters. The Bertz CT molecular complexity index is 1340. The molecule has 15 heteroatoms. The first kappa shape index (κ1) is 25.6. The standard InChI is InChI=1S/C18H14ClFN6O2.C2HF3O2/c19-12-3-1-10(2-4-12)17(27)8-21-18(28)15-9-26(25-24-15)16-5-11-7-22-23-14(11)6-13(16)20;3-2(4,5)1(6)7/h1-7,9,17,27H,8H2,(H,21,28)(H,22,23);(H,6,7). The second kappa shape index (κ2) is 10.5. The van der Waals surface area contributed by atoms with Crippen molar-refractivity contribution in [2.45, 2.75) is 12.3 Å². The Morgan fingerprint density at radius 2 is 1.86 bits per heavy atom. The number of fused-ring (bicyclic) bond motifs is 1. The van der Waals surface area contributed by atoms with Crippen molar-refractivity contribution in [3.63, 3.8) is 0 Å². The Labute approximate surface area is 198 Å². The maximum atomic E-state index is 14.3. The van der Waals surface area contributed by atoms with Crippen molar-refractivity contribution in [1.82, 2.24) is 30.5 Å². The summed E-state index contributed by atoms with van der Waals surface area (Å²) in [6.45, 7) is -0.0251. The van der Waals surface area contributed by atoms with Gasteiger partial charge in [-0.15, -0.1) is 5.10 Å². The monoisotopic (exact) mass is 514 g/mol. The Balaban J connectivity index is 0.000000429. The molecule has 0 saturated heterocycles. The average molecular weight is 515 g/mol. The highest BCUT2D eigenvalue weighted by atomic mass is 35.5. The van der Waals surface area contributed by atoms with Crippen LogP contribution < -0.4 is 5.32 Å². The van der Waals surface area contributed by atoms with E-state index in [2.05, 4.69) is 25.8 Å². The lowest BCUT2D eigenvalue weighted by Gasteiger charge is -2.11. The molecule has 0 radical (unpaired) electrons. The number of carbonyl (C=O) groups is 2. The summed E-state index contributed by atoms with van der Waals surface area (Å²) in [4.78, 5) is 21.2. The average Bonchev–Trinajstić information content (AvgIpc) is 3.46. The number of H-pyrrole nitrogens is 1. The number of aromatic nitrogens is 5. The summed E-state index contributed by atoms with van der Waals surface area (Å²) in [5, 5.41) is 35.2. The maximum Gasteiger partial charge on any atom is 0.490 e. The Morgan fingerprint density at radius 1 is 1.20 bits per heavy atom. The van der Waals surface area contributed by atoms with Crippen molar-refractivity contribution in [2.24, 2.45) is 0 Å². The molecule has 0 spiro atoms. The molecule has 2 aromatic carbocycles. The van der Waals surface area contributed by atoms with Crippen LogP contribution in [0.3, 0.4) is 0 Å². The zero-order valence-electron chi connectivity index (χ0n) is 17.3. The number of amides is 1. The van der Waals surface area contributed by atoms with Gasteiger partial charge in [-0.05, 0) is 23.8 Å². The molecule has 2 heterocycles. The Morgan fingerprint density at radius 3 is 2.49 bits per heavy atom. The summed E-state index contributed by atoms with van der Waals surface area (Å²) in [7, 11) is 0. The fraction of sp³-hybridized carbons (Fsp3) is 0.150. The molecule has 2 aromatic heterocycles. The number of alkyl halides is 3. The number of aliphatic hydroxyl groups excluding tert-OH is 1. The number of rotatable bonds is 5. The molecule has 1 unspecified atom stereocenters. The van der Waals surface area contributed by atoms with Gasteiger partial charge in [0.15, 0.2) is 11.5 Å². The van der Waals surface area contributed by atoms with E-state index in [1.54, 1.807) is 36.5 Å². The van der Waals surface area contributed by atoms with Gasteiger partial charge in [-0.25, -0.2) is 13.9 Å². The van der Waals surface area contributed by atoms with Crippen LogP contribution in [0.5, 0.6) is 0 Å². The molecule has 4 aromatic rings. The van der Waals surface area contributed by atoms with Crippen LogP contribution >= 0.6 is 11.6 Å². The predicted molar refractivity (Wildman–Crippen MR) is 113 cm³/mol. The number of hydrogen-bond acceptors (Lipinski definition) is 6. The van der Waals surface area contributed by atoms with Crippen molar-refractivity contribution in [3.05, 3.63) is 70.9 Å². The number of carboxylic acid groups (broad SMARTS) is 1. The fourth-order valence-electron chi connectivity index (χ4n) is 2.70. The minimum atomic E-state index is -5.08. The number of nitrogens with one attached hydrogen (secondary N) is 2. The van der Waals surface area contributed by atoms with E-state index in [4.69, 9.17) is 21.5 Å². The molecule has 10 nitrogen and oxygen atoms in total. The zero-order valence-corrected chi connectivity index (χ0v) is 18.0. The smallest absolute Gasteiger partial charge is 0.475 e. The molecular formula is C20H15ClF4N6O4. The van der Waals surface area contributed by atoms with Gasteiger partial charge < -0.3 is 15.5 Å². The van der Waals surface area contributed by atoms with E-state index >= 15 is 0 Å². The van der Waals surface area contributed by atoms with Crippen molar-refractivity contribution in [3.8, 4) is 5.69 Å². The topological polar surface area (TPSA) is 146 Å². The first-order valence-corrected chi connectivity index (χ1v) is 9.90. The molecule has 184 valence electrons. The van der Waals surface area contributed by atoms with Gasteiger partial charge in [-0.3, -0.25) is 9.89 Å². The lowest BCUT2D eigenvalue weighted by atomic mass is 10.1. The SMILES string of the molecule is O=C(NCC(O)c1ccc(Cl)cc1)c1cn(-c2cc3cn[nH]c3cc2F)nn1.O=C(O)C(F)(F)F. The molecule has 0 aliphatic heterocycles. The van der Waals surface area contributed by atoms with Gasteiger partial charge in [-0.1, -0.05) is 28.9 Å². The first-order valence-electron chi connectivity index (χ1n) is 9.53. The number of benzene rings is 2. The van der Waals surface area contributed by atoms with Gasteiger partial charge in [0.25, 0.3) is 5.91 Å². The molecule has 0 fully saturated rings.